The fourth-order valence-electron chi connectivity index (χ4n) is 4.85. The van der Waals surface area contributed by atoms with Crippen molar-refractivity contribution in [1.82, 2.24) is 0 Å². The average molecular weight is 525 g/mol. The van der Waals surface area contributed by atoms with E-state index in [1.54, 1.807) is 0 Å². The van der Waals surface area contributed by atoms with Gasteiger partial charge in [0.1, 0.15) is 0 Å². The van der Waals surface area contributed by atoms with Gasteiger partial charge in [0.05, 0.1) is 19.1 Å². The molecule has 0 aromatic rings. The van der Waals surface area contributed by atoms with Crippen LogP contribution in [-0.4, -0.2) is 25.2 Å². The lowest BCUT2D eigenvalue weighted by Gasteiger charge is -2.17. The molecule has 0 spiro atoms. The van der Waals surface area contributed by atoms with Crippen LogP contribution in [-0.2, 0) is 19.1 Å². The summed E-state index contributed by atoms with van der Waals surface area (Å²) in [7, 11) is 0. The van der Waals surface area contributed by atoms with Gasteiger partial charge in [-0.15, -0.1) is 0 Å². The van der Waals surface area contributed by atoms with E-state index in [4.69, 9.17) is 9.47 Å². The molecule has 0 aromatic heterocycles. The fourth-order valence-corrected chi connectivity index (χ4v) is 4.85. The van der Waals surface area contributed by atoms with Crippen molar-refractivity contribution in [1.29, 1.82) is 0 Å². The van der Waals surface area contributed by atoms with Gasteiger partial charge >= 0.3 is 11.9 Å². The first-order chi connectivity index (χ1) is 18.0. The van der Waals surface area contributed by atoms with Crippen molar-refractivity contribution >= 4 is 11.9 Å². The number of esters is 2. The largest absolute Gasteiger partial charge is 0.465 e. The Labute approximate surface area is 231 Å². The lowest BCUT2D eigenvalue weighted by molar-refractivity contribution is -0.149. The zero-order valence-electron chi connectivity index (χ0n) is 25.6. The first-order valence-electron chi connectivity index (χ1n) is 16.3. The highest BCUT2D eigenvalue weighted by atomic mass is 16.5. The molecule has 0 bridgehead atoms. The predicted octanol–water partition coefficient (Wildman–Crippen LogP) is 10.2. The summed E-state index contributed by atoms with van der Waals surface area (Å²) in [4.78, 5) is 24.2. The molecule has 0 aliphatic heterocycles. The summed E-state index contributed by atoms with van der Waals surface area (Å²) in [6.07, 6.45) is 24.4. The SMILES string of the molecule is CCCCC(CC)COC(=O)CCCCCCCCCCCCCC(C)C(=O)OCC(CC)CCCC. The molecule has 0 aliphatic carbocycles. The fraction of sp³-hybridized carbons (Fsp3) is 0.939. The highest BCUT2D eigenvalue weighted by molar-refractivity contribution is 5.71. The highest BCUT2D eigenvalue weighted by Crippen LogP contribution is 2.18. The van der Waals surface area contributed by atoms with Gasteiger partial charge in [0.25, 0.3) is 0 Å². The number of hydrogen-bond acceptors (Lipinski definition) is 4. The number of carbonyl (C=O) groups is 2. The number of hydrogen-bond donors (Lipinski definition) is 0. The molecular formula is C33H64O4. The Morgan fingerprint density at radius 3 is 1.43 bits per heavy atom. The maximum absolute atomic E-state index is 12.3. The van der Waals surface area contributed by atoms with E-state index in [2.05, 4.69) is 27.7 Å². The van der Waals surface area contributed by atoms with Crippen molar-refractivity contribution in [3.63, 3.8) is 0 Å². The molecular weight excluding hydrogens is 460 g/mol. The van der Waals surface area contributed by atoms with Gasteiger partial charge < -0.3 is 9.47 Å². The number of unbranched alkanes of at least 4 members (excludes halogenated alkanes) is 12. The third kappa shape index (κ3) is 22.6. The van der Waals surface area contributed by atoms with Crippen LogP contribution in [0.3, 0.4) is 0 Å². The van der Waals surface area contributed by atoms with Crippen molar-refractivity contribution < 1.29 is 19.1 Å². The van der Waals surface area contributed by atoms with Crippen molar-refractivity contribution in [2.75, 3.05) is 13.2 Å². The Kier molecular flexibility index (Phi) is 25.8. The average Bonchev–Trinajstić information content (AvgIpc) is 2.91. The zero-order chi connectivity index (χ0) is 27.6. The van der Waals surface area contributed by atoms with E-state index < -0.39 is 0 Å². The van der Waals surface area contributed by atoms with E-state index in [1.807, 2.05) is 6.92 Å². The summed E-state index contributed by atoms with van der Waals surface area (Å²) in [6.45, 7) is 12.0. The minimum absolute atomic E-state index is 0.000572. The monoisotopic (exact) mass is 524 g/mol. The number of carbonyl (C=O) groups excluding carboxylic acids is 2. The molecule has 0 heterocycles. The number of rotatable bonds is 27. The normalized spacial score (nSPS) is 13.8. The van der Waals surface area contributed by atoms with Gasteiger partial charge in [-0.3, -0.25) is 9.59 Å². The van der Waals surface area contributed by atoms with Gasteiger partial charge in [0.15, 0.2) is 0 Å². The Hall–Kier alpha value is -1.06. The molecule has 0 aliphatic rings. The molecule has 0 rings (SSSR count). The van der Waals surface area contributed by atoms with Crippen molar-refractivity contribution in [2.45, 2.75) is 169 Å². The van der Waals surface area contributed by atoms with Crippen LogP contribution >= 0.6 is 0 Å². The Morgan fingerprint density at radius 1 is 0.541 bits per heavy atom. The summed E-state index contributed by atoms with van der Waals surface area (Å²) in [6, 6.07) is 0. The molecule has 4 heteroatoms. The van der Waals surface area contributed by atoms with E-state index in [-0.39, 0.29) is 17.9 Å². The molecule has 4 nitrogen and oxygen atoms in total. The van der Waals surface area contributed by atoms with E-state index in [9.17, 15) is 9.59 Å². The molecule has 0 saturated heterocycles. The standard InChI is InChI=1S/C33H64O4/c1-6-10-24-30(8-3)27-36-32(34)26-22-20-18-16-14-12-13-15-17-19-21-23-29(5)33(35)37-28-31(9-4)25-11-7-2/h29-31H,6-28H2,1-5H3. The van der Waals surface area contributed by atoms with Gasteiger partial charge in [-0.25, -0.2) is 0 Å². The zero-order valence-corrected chi connectivity index (χ0v) is 25.6. The quantitative estimate of drug-likeness (QED) is 0.0792. The Balaban J connectivity index is 3.51. The molecule has 3 unspecified atom stereocenters. The topological polar surface area (TPSA) is 52.6 Å². The highest BCUT2D eigenvalue weighted by Gasteiger charge is 2.16. The lowest BCUT2D eigenvalue weighted by atomic mass is 10.00. The molecule has 3 atom stereocenters. The maximum atomic E-state index is 12.3. The second-order valence-electron chi connectivity index (χ2n) is 11.5. The van der Waals surface area contributed by atoms with Crippen LogP contribution in [0.25, 0.3) is 0 Å². The summed E-state index contributed by atoms with van der Waals surface area (Å²) in [5.74, 6) is 1.09. The van der Waals surface area contributed by atoms with Gasteiger partial charge in [0.2, 0.25) is 0 Å². The van der Waals surface area contributed by atoms with Gasteiger partial charge in [0, 0.05) is 6.42 Å². The predicted molar refractivity (Wildman–Crippen MR) is 158 cm³/mol. The molecule has 0 radical (unpaired) electrons. The third-order valence-corrected chi connectivity index (χ3v) is 7.95. The lowest BCUT2D eigenvalue weighted by Crippen LogP contribution is -2.19. The van der Waals surface area contributed by atoms with Crippen LogP contribution in [0.1, 0.15) is 169 Å². The van der Waals surface area contributed by atoms with Gasteiger partial charge in [-0.2, -0.15) is 0 Å². The molecule has 0 fully saturated rings. The first-order valence-corrected chi connectivity index (χ1v) is 16.3. The van der Waals surface area contributed by atoms with Crippen molar-refractivity contribution in [2.24, 2.45) is 17.8 Å². The molecule has 0 amide bonds. The second-order valence-corrected chi connectivity index (χ2v) is 11.5. The molecule has 0 aromatic carbocycles. The summed E-state index contributed by atoms with van der Waals surface area (Å²) in [5, 5.41) is 0. The molecule has 37 heavy (non-hydrogen) atoms. The second kappa shape index (κ2) is 26.5. The molecule has 0 N–H and O–H groups in total. The molecule has 220 valence electrons. The summed E-state index contributed by atoms with van der Waals surface area (Å²) in [5.41, 5.74) is 0. The van der Waals surface area contributed by atoms with Crippen LogP contribution in [0.2, 0.25) is 0 Å². The Bertz CT molecular complexity index is 518. The van der Waals surface area contributed by atoms with Gasteiger partial charge in [-0.1, -0.05) is 137 Å². The van der Waals surface area contributed by atoms with Crippen molar-refractivity contribution in [3.8, 4) is 0 Å². The van der Waals surface area contributed by atoms with E-state index in [0.29, 0.717) is 31.5 Å². The Morgan fingerprint density at radius 2 is 0.973 bits per heavy atom. The van der Waals surface area contributed by atoms with E-state index in [1.165, 1.54) is 89.9 Å². The van der Waals surface area contributed by atoms with Crippen LogP contribution in [0.5, 0.6) is 0 Å². The van der Waals surface area contributed by atoms with Crippen LogP contribution in [0, 0.1) is 17.8 Å². The van der Waals surface area contributed by atoms with Crippen LogP contribution in [0.15, 0.2) is 0 Å². The molecule has 0 saturated carbocycles. The minimum Gasteiger partial charge on any atom is -0.465 e. The van der Waals surface area contributed by atoms with Crippen LogP contribution in [0.4, 0.5) is 0 Å². The minimum atomic E-state index is -0.00576. The van der Waals surface area contributed by atoms with Crippen LogP contribution < -0.4 is 0 Å². The van der Waals surface area contributed by atoms with Gasteiger partial charge in [-0.05, 0) is 37.5 Å². The van der Waals surface area contributed by atoms with Crippen molar-refractivity contribution in [3.05, 3.63) is 0 Å². The first kappa shape index (κ1) is 35.9. The summed E-state index contributed by atoms with van der Waals surface area (Å²) < 4.78 is 11.1. The smallest absolute Gasteiger partial charge is 0.308 e. The van der Waals surface area contributed by atoms with E-state index in [0.717, 1.165) is 38.5 Å². The third-order valence-electron chi connectivity index (χ3n) is 7.95. The summed E-state index contributed by atoms with van der Waals surface area (Å²) >= 11 is 0. The maximum Gasteiger partial charge on any atom is 0.308 e. The number of ether oxygens (including phenoxy) is 2. The van der Waals surface area contributed by atoms with E-state index >= 15 is 0 Å².